The minimum absolute atomic E-state index is 0.0337. The van der Waals surface area contributed by atoms with E-state index in [4.69, 9.17) is 5.11 Å². The fraction of sp³-hybridized carbons (Fsp3) is 0.333. The third-order valence-corrected chi connectivity index (χ3v) is 2.27. The highest BCUT2D eigenvalue weighted by molar-refractivity contribution is 5.94. The molecule has 0 aromatic heterocycles. The minimum atomic E-state index is -0.899. The molecule has 0 saturated heterocycles. The van der Waals surface area contributed by atoms with Gasteiger partial charge in [-0.2, -0.15) is 0 Å². The van der Waals surface area contributed by atoms with Crippen molar-refractivity contribution in [3.8, 4) is 0 Å². The standard InChI is InChI=1S/C12H15NO3/c1-9-4-3-5-10(8-9)12(16)13(2)7-6-11(14)15/h3-5,8H,6-7H2,1-2H3,(H,14,15). The van der Waals surface area contributed by atoms with E-state index in [2.05, 4.69) is 0 Å². The fourth-order valence-corrected chi connectivity index (χ4v) is 1.36. The summed E-state index contributed by atoms with van der Waals surface area (Å²) in [6, 6.07) is 7.24. The average molecular weight is 221 g/mol. The van der Waals surface area contributed by atoms with Gasteiger partial charge in [0.1, 0.15) is 0 Å². The first-order valence-corrected chi connectivity index (χ1v) is 5.04. The number of rotatable bonds is 4. The van der Waals surface area contributed by atoms with E-state index in [9.17, 15) is 9.59 Å². The Labute approximate surface area is 94.5 Å². The quantitative estimate of drug-likeness (QED) is 0.839. The lowest BCUT2D eigenvalue weighted by Crippen LogP contribution is -2.29. The van der Waals surface area contributed by atoms with Crippen molar-refractivity contribution in [1.29, 1.82) is 0 Å². The molecule has 1 amide bonds. The first-order valence-electron chi connectivity index (χ1n) is 5.04. The van der Waals surface area contributed by atoms with Crippen LogP contribution in [0.5, 0.6) is 0 Å². The molecule has 16 heavy (non-hydrogen) atoms. The normalized spacial score (nSPS) is 9.88. The summed E-state index contributed by atoms with van der Waals surface area (Å²) in [7, 11) is 1.60. The number of carboxylic acid groups (broad SMARTS) is 1. The van der Waals surface area contributed by atoms with E-state index in [0.29, 0.717) is 5.56 Å². The topological polar surface area (TPSA) is 57.6 Å². The lowest BCUT2D eigenvalue weighted by atomic mass is 10.1. The molecule has 0 aliphatic heterocycles. The molecule has 0 aliphatic rings. The van der Waals surface area contributed by atoms with Gasteiger partial charge >= 0.3 is 5.97 Å². The van der Waals surface area contributed by atoms with Crippen molar-refractivity contribution in [1.82, 2.24) is 4.90 Å². The van der Waals surface area contributed by atoms with Crippen LogP contribution >= 0.6 is 0 Å². The number of amides is 1. The molecule has 0 radical (unpaired) electrons. The van der Waals surface area contributed by atoms with E-state index in [0.717, 1.165) is 5.56 Å². The maximum absolute atomic E-state index is 11.8. The molecule has 4 nitrogen and oxygen atoms in total. The van der Waals surface area contributed by atoms with E-state index in [-0.39, 0.29) is 18.9 Å². The van der Waals surface area contributed by atoms with Gasteiger partial charge in [-0.1, -0.05) is 17.7 Å². The Morgan fingerprint density at radius 3 is 2.62 bits per heavy atom. The van der Waals surface area contributed by atoms with Gasteiger partial charge < -0.3 is 10.0 Å². The lowest BCUT2D eigenvalue weighted by molar-refractivity contribution is -0.137. The number of benzene rings is 1. The van der Waals surface area contributed by atoms with Crippen LogP contribution in [0.4, 0.5) is 0 Å². The van der Waals surface area contributed by atoms with Crippen molar-refractivity contribution in [2.75, 3.05) is 13.6 Å². The molecule has 0 spiro atoms. The van der Waals surface area contributed by atoms with E-state index in [1.165, 1.54) is 4.90 Å². The third kappa shape index (κ3) is 3.38. The molecule has 1 aromatic rings. The molecule has 1 N–H and O–H groups in total. The maximum atomic E-state index is 11.8. The molecule has 0 unspecified atom stereocenters. The van der Waals surface area contributed by atoms with E-state index in [1.54, 1.807) is 19.2 Å². The van der Waals surface area contributed by atoms with Crippen LogP contribution in [0.1, 0.15) is 22.3 Å². The van der Waals surface area contributed by atoms with E-state index in [1.807, 2.05) is 19.1 Å². The molecule has 86 valence electrons. The predicted octanol–water partition coefficient (Wildman–Crippen LogP) is 1.54. The smallest absolute Gasteiger partial charge is 0.305 e. The molecule has 1 aromatic carbocycles. The SMILES string of the molecule is Cc1cccc(C(=O)N(C)CCC(=O)O)c1. The van der Waals surface area contributed by atoms with Crippen LogP contribution in [-0.2, 0) is 4.79 Å². The molecule has 0 saturated carbocycles. The molecule has 1 rings (SSSR count). The second-order valence-corrected chi connectivity index (χ2v) is 3.74. The molecular weight excluding hydrogens is 206 g/mol. The average Bonchev–Trinajstić information content (AvgIpc) is 2.24. The molecule has 0 atom stereocenters. The van der Waals surface area contributed by atoms with Gasteiger partial charge in [0, 0.05) is 19.2 Å². The maximum Gasteiger partial charge on any atom is 0.305 e. The highest BCUT2D eigenvalue weighted by atomic mass is 16.4. The summed E-state index contributed by atoms with van der Waals surface area (Å²) >= 11 is 0. The second kappa shape index (κ2) is 5.30. The van der Waals surface area contributed by atoms with Crippen LogP contribution in [0.2, 0.25) is 0 Å². The van der Waals surface area contributed by atoms with Crippen LogP contribution in [0.25, 0.3) is 0 Å². The predicted molar refractivity (Wildman–Crippen MR) is 60.4 cm³/mol. The van der Waals surface area contributed by atoms with Gasteiger partial charge in [0.25, 0.3) is 5.91 Å². The van der Waals surface area contributed by atoms with Crippen LogP contribution in [-0.4, -0.2) is 35.5 Å². The fourth-order valence-electron chi connectivity index (χ4n) is 1.36. The minimum Gasteiger partial charge on any atom is -0.481 e. The van der Waals surface area contributed by atoms with Crippen LogP contribution in [0.3, 0.4) is 0 Å². The summed E-state index contributed by atoms with van der Waals surface area (Å²) in [5, 5.41) is 8.52. The van der Waals surface area contributed by atoms with Crippen molar-refractivity contribution in [2.45, 2.75) is 13.3 Å². The zero-order chi connectivity index (χ0) is 12.1. The Kier molecular flexibility index (Phi) is 4.05. The van der Waals surface area contributed by atoms with Crippen LogP contribution in [0, 0.1) is 6.92 Å². The number of hydrogen-bond donors (Lipinski definition) is 1. The Bertz CT molecular complexity index is 401. The Balaban J connectivity index is 2.67. The number of aryl methyl sites for hydroxylation is 1. The monoisotopic (exact) mass is 221 g/mol. The molecule has 0 bridgehead atoms. The highest BCUT2D eigenvalue weighted by Crippen LogP contribution is 2.07. The van der Waals surface area contributed by atoms with Crippen molar-refractivity contribution in [3.63, 3.8) is 0 Å². The largest absolute Gasteiger partial charge is 0.481 e. The second-order valence-electron chi connectivity index (χ2n) is 3.74. The number of carboxylic acids is 1. The summed E-state index contributed by atoms with van der Waals surface area (Å²) in [5.41, 5.74) is 1.60. The Morgan fingerprint density at radius 1 is 1.38 bits per heavy atom. The van der Waals surface area contributed by atoms with Gasteiger partial charge in [-0.05, 0) is 19.1 Å². The lowest BCUT2D eigenvalue weighted by Gasteiger charge is -2.16. The summed E-state index contributed by atoms with van der Waals surface area (Å²) in [5.74, 6) is -1.05. The summed E-state index contributed by atoms with van der Waals surface area (Å²) in [6.45, 7) is 2.14. The first kappa shape index (κ1) is 12.2. The Morgan fingerprint density at radius 2 is 2.06 bits per heavy atom. The molecule has 0 fully saturated rings. The van der Waals surface area contributed by atoms with Gasteiger partial charge in [-0.15, -0.1) is 0 Å². The number of carbonyl (C=O) groups excluding carboxylic acids is 1. The number of carbonyl (C=O) groups is 2. The summed E-state index contributed by atoms with van der Waals surface area (Å²) < 4.78 is 0. The van der Waals surface area contributed by atoms with Crippen molar-refractivity contribution < 1.29 is 14.7 Å². The van der Waals surface area contributed by atoms with E-state index < -0.39 is 5.97 Å². The highest BCUT2D eigenvalue weighted by Gasteiger charge is 2.12. The van der Waals surface area contributed by atoms with Gasteiger partial charge in [0.05, 0.1) is 6.42 Å². The first-order chi connectivity index (χ1) is 7.50. The number of nitrogens with zero attached hydrogens (tertiary/aromatic N) is 1. The van der Waals surface area contributed by atoms with Gasteiger partial charge in [0.15, 0.2) is 0 Å². The van der Waals surface area contributed by atoms with Gasteiger partial charge in [-0.25, -0.2) is 0 Å². The Hall–Kier alpha value is -1.84. The van der Waals surface area contributed by atoms with Crippen molar-refractivity contribution >= 4 is 11.9 Å². The molecular formula is C12H15NO3. The van der Waals surface area contributed by atoms with Crippen molar-refractivity contribution in [3.05, 3.63) is 35.4 Å². The zero-order valence-electron chi connectivity index (χ0n) is 9.43. The summed E-state index contributed by atoms with van der Waals surface area (Å²) in [6.07, 6.45) is -0.0337. The number of hydrogen-bond acceptors (Lipinski definition) is 2. The molecule has 0 aliphatic carbocycles. The molecule has 0 heterocycles. The molecule has 4 heteroatoms. The van der Waals surface area contributed by atoms with Crippen LogP contribution < -0.4 is 0 Å². The third-order valence-electron chi connectivity index (χ3n) is 2.27. The van der Waals surface area contributed by atoms with Gasteiger partial charge in [-0.3, -0.25) is 9.59 Å². The van der Waals surface area contributed by atoms with E-state index >= 15 is 0 Å². The zero-order valence-corrected chi connectivity index (χ0v) is 9.43. The van der Waals surface area contributed by atoms with Crippen LogP contribution in [0.15, 0.2) is 24.3 Å². The van der Waals surface area contributed by atoms with Gasteiger partial charge in [0.2, 0.25) is 0 Å². The number of aliphatic carboxylic acids is 1. The van der Waals surface area contributed by atoms with Crippen molar-refractivity contribution in [2.24, 2.45) is 0 Å². The summed E-state index contributed by atoms with van der Waals surface area (Å²) in [4.78, 5) is 23.6.